The van der Waals surface area contributed by atoms with Crippen LogP contribution in [0.4, 0.5) is 0 Å². The predicted molar refractivity (Wildman–Crippen MR) is 133 cm³/mol. The number of hydrogen-bond acceptors (Lipinski definition) is 5. The fourth-order valence-corrected chi connectivity index (χ4v) is 5.24. The topological polar surface area (TPSA) is 62.7 Å². The van der Waals surface area contributed by atoms with Crippen molar-refractivity contribution in [3.63, 3.8) is 0 Å². The lowest BCUT2D eigenvalue weighted by molar-refractivity contribution is -0.136. The lowest BCUT2D eigenvalue weighted by atomic mass is 9.84. The van der Waals surface area contributed by atoms with Crippen molar-refractivity contribution in [3.05, 3.63) is 45.9 Å². The minimum atomic E-state index is 0.0989. The van der Waals surface area contributed by atoms with Crippen molar-refractivity contribution >= 4 is 23.2 Å². The van der Waals surface area contributed by atoms with Gasteiger partial charge in [0.05, 0.1) is 24.2 Å². The van der Waals surface area contributed by atoms with Crippen LogP contribution in [0, 0.1) is 18.8 Å². The van der Waals surface area contributed by atoms with Crippen molar-refractivity contribution in [1.82, 2.24) is 14.8 Å². The van der Waals surface area contributed by atoms with E-state index in [4.69, 9.17) is 4.74 Å². The number of thiazole rings is 1. The second-order valence-corrected chi connectivity index (χ2v) is 10.5. The molecule has 0 radical (unpaired) electrons. The van der Waals surface area contributed by atoms with Gasteiger partial charge in [-0.15, -0.1) is 11.3 Å². The third-order valence-electron chi connectivity index (χ3n) is 6.49. The Kier molecular flexibility index (Phi) is 8.89. The van der Waals surface area contributed by atoms with E-state index in [0.717, 1.165) is 48.8 Å². The minimum Gasteiger partial charge on any atom is -0.497 e. The highest BCUT2D eigenvalue weighted by molar-refractivity contribution is 7.09. The van der Waals surface area contributed by atoms with Crippen molar-refractivity contribution in [1.29, 1.82) is 0 Å². The maximum Gasteiger partial charge on any atom is 0.228 e. The summed E-state index contributed by atoms with van der Waals surface area (Å²) in [5.74, 6) is 1.84. The molecule has 180 valence electrons. The quantitative estimate of drug-likeness (QED) is 0.545. The van der Waals surface area contributed by atoms with Gasteiger partial charge < -0.3 is 14.5 Å². The van der Waals surface area contributed by atoms with Crippen LogP contribution < -0.4 is 4.74 Å². The molecule has 33 heavy (non-hydrogen) atoms. The number of likely N-dealkylation sites (tertiary alicyclic amines) is 1. The SMILES string of the molecule is COc1cccc(CC(C2CCN(C(=O)Cc3csc(C)n3)CC2)N(C)C(=O)CC(C)C)c1. The third kappa shape index (κ3) is 7.03. The normalized spacial score (nSPS) is 15.5. The second kappa shape index (κ2) is 11.6. The van der Waals surface area contributed by atoms with Gasteiger partial charge in [-0.2, -0.15) is 0 Å². The number of ether oxygens (including phenoxy) is 1. The largest absolute Gasteiger partial charge is 0.497 e. The number of nitrogens with zero attached hydrogens (tertiary/aromatic N) is 3. The van der Waals surface area contributed by atoms with E-state index in [1.807, 2.05) is 41.3 Å². The molecule has 1 aliphatic heterocycles. The molecular weight excluding hydrogens is 434 g/mol. The average Bonchev–Trinajstić information content (AvgIpc) is 3.21. The lowest BCUT2D eigenvalue weighted by Crippen LogP contribution is -2.48. The van der Waals surface area contributed by atoms with Gasteiger partial charge in [0, 0.05) is 38.0 Å². The number of benzene rings is 1. The number of hydrogen-bond donors (Lipinski definition) is 0. The molecule has 1 unspecified atom stereocenters. The van der Waals surface area contributed by atoms with Gasteiger partial charge >= 0.3 is 0 Å². The first-order valence-corrected chi connectivity index (χ1v) is 12.7. The van der Waals surface area contributed by atoms with E-state index in [2.05, 4.69) is 31.0 Å². The number of aromatic nitrogens is 1. The van der Waals surface area contributed by atoms with Crippen molar-refractivity contribution < 1.29 is 14.3 Å². The Morgan fingerprint density at radius 1 is 1.27 bits per heavy atom. The van der Waals surface area contributed by atoms with E-state index < -0.39 is 0 Å². The van der Waals surface area contributed by atoms with Gasteiger partial charge in [0.2, 0.25) is 11.8 Å². The van der Waals surface area contributed by atoms with Crippen LogP contribution in [0.15, 0.2) is 29.6 Å². The fraction of sp³-hybridized carbons (Fsp3) is 0.577. The van der Waals surface area contributed by atoms with E-state index in [9.17, 15) is 9.59 Å². The predicted octanol–water partition coefficient (Wildman–Crippen LogP) is 4.36. The summed E-state index contributed by atoms with van der Waals surface area (Å²) >= 11 is 1.58. The number of piperidine rings is 1. The highest BCUT2D eigenvalue weighted by Crippen LogP contribution is 2.28. The van der Waals surface area contributed by atoms with E-state index >= 15 is 0 Å². The van der Waals surface area contributed by atoms with E-state index in [1.165, 1.54) is 5.56 Å². The fourth-order valence-electron chi connectivity index (χ4n) is 4.63. The third-order valence-corrected chi connectivity index (χ3v) is 7.31. The molecule has 2 amide bonds. The van der Waals surface area contributed by atoms with Gasteiger partial charge in [-0.25, -0.2) is 4.98 Å². The van der Waals surface area contributed by atoms with Crippen molar-refractivity contribution in [2.75, 3.05) is 27.2 Å². The molecule has 3 rings (SSSR count). The summed E-state index contributed by atoms with van der Waals surface area (Å²) in [6, 6.07) is 8.21. The second-order valence-electron chi connectivity index (χ2n) is 9.48. The Morgan fingerprint density at radius 2 is 2.00 bits per heavy atom. The molecule has 1 saturated heterocycles. The Bertz CT molecular complexity index is 934. The molecule has 0 aliphatic carbocycles. The van der Waals surface area contributed by atoms with E-state index in [0.29, 0.717) is 24.7 Å². The zero-order chi connectivity index (χ0) is 24.0. The molecule has 7 heteroatoms. The highest BCUT2D eigenvalue weighted by atomic mass is 32.1. The number of carbonyl (C=O) groups is 2. The summed E-state index contributed by atoms with van der Waals surface area (Å²) in [6.07, 6.45) is 3.50. The molecule has 1 aromatic carbocycles. The van der Waals surface area contributed by atoms with Crippen LogP contribution >= 0.6 is 11.3 Å². The number of carbonyl (C=O) groups excluding carboxylic acids is 2. The van der Waals surface area contributed by atoms with E-state index in [1.54, 1.807) is 18.4 Å². The highest BCUT2D eigenvalue weighted by Gasteiger charge is 2.33. The van der Waals surface area contributed by atoms with Crippen LogP contribution in [-0.2, 0) is 22.4 Å². The Labute approximate surface area is 202 Å². The maximum atomic E-state index is 13.0. The van der Waals surface area contributed by atoms with Crippen LogP contribution in [-0.4, -0.2) is 59.9 Å². The van der Waals surface area contributed by atoms with Gasteiger partial charge in [-0.05, 0) is 55.7 Å². The van der Waals surface area contributed by atoms with Crippen molar-refractivity contribution in [2.24, 2.45) is 11.8 Å². The first-order chi connectivity index (χ1) is 15.8. The molecule has 0 bridgehead atoms. The number of rotatable bonds is 9. The molecule has 1 atom stereocenters. The van der Waals surface area contributed by atoms with Crippen LogP contribution in [0.2, 0.25) is 0 Å². The summed E-state index contributed by atoms with van der Waals surface area (Å²) < 4.78 is 5.40. The maximum absolute atomic E-state index is 13.0. The van der Waals surface area contributed by atoms with Crippen LogP contribution in [0.1, 0.15) is 49.4 Å². The molecule has 1 aromatic heterocycles. The van der Waals surface area contributed by atoms with Gasteiger partial charge in [-0.1, -0.05) is 26.0 Å². The standard InChI is InChI=1S/C26H37N3O3S/c1-18(2)13-25(30)28(4)24(15-20-7-6-8-23(14-20)32-5)21-9-11-29(12-10-21)26(31)16-22-17-33-19(3)27-22/h6-8,14,17-18,21,24H,9-13,15-16H2,1-5H3. The summed E-state index contributed by atoms with van der Waals surface area (Å²) in [5.41, 5.74) is 2.03. The van der Waals surface area contributed by atoms with Crippen LogP contribution in [0.25, 0.3) is 0 Å². The number of likely N-dealkylation sites (N-methyl/N-ethyl adjacent to an activating group) is 1. The number of methoxy groups -OCH3 is 1. The first-order valence-electron chi connectivity index (χ1n) is 11.8. The molecular formula is C26H37N3O3S. The average molecular weight is 472 g/mol. The molecule has 0 N–H and O–H groups in total. The zero-order valence-corrected chi connectivity index (χ0v) is 21.4. The smallest absolute Gasteiger partial charge is 0.228 e. The van der Waals surface area contributed by atoms with Crippen molar-refractivity contribution in [2.45, 2.75) is 58.9 Å². The lowest BCUT2D eigenvalue weighted by Gasteiger charge is -2.40. The molecule has 2 heterocycles. The van der Waals surface area contributed by atoms with Crippen molar-refractivity contribution in [3.8, 4) is 5.75 Å². The Morgan fingerprint density at radius 3 is 2.61 bits per heavy atom. The van der Waals surface area contributed by atoms with Crippen LogP contribution in [0.5, 0.6) is 5.75 Å². The summed E-state index contributed by atoms with van der Waals surface area (Å²) in [4.78, 5) is 34.1. The van der Waals surface area contributed by atoms with Gasteiger partial charge in [0.1, 0.15) is 5.75 Å². The minimum absolute atomic E-state index is 0.0989. The monoisotopic (exact) mass is 471 g/mol. The van der Waals surface area contributed by atoms with Gasteiger partial charge in [-0.3, -0.25) is 9.59 Å². The first kappa shape index (κ1) is 25.2. The van der Waals surface area contributed by atoms with Gasteiger partial charge in [0.15, 0.2) is 0 Å². The molecule has 1 fully saturated rings. The number of amides is 2. The van der Waals surface area contributed by atoms with E-state index in [-0.39, 0.29) is 17.9 Å². The molecule has 0 spiro atoms. The molecule has 1 aliphatic rings. The molecule has 2 aromatic rings. The summed E-state index contributed by atoms with van der Waals surface area (Å²) in [5, 5.41) is 2.96. The Hall–Kier alpha value is -2.41. The molecule has 0 saturated carbocycles. The zero-order valence-electron chi connectivity index (χ0n) is 20.5. The van der Waals surface area contributed by atoms with Crippen LogP contribution in [0.3, 0.4) is 0 Å². The number of aryl methyl sites for hydroxylation is 1. The molecule has 6 nitrogen and oxygen atoms in total. The summed E-state index contributed by atoms with van der Waals surface area (Å²) in [6.45, 7) is 7.58. The summed E-state index contributed by atoms with van der Waals surface area (Å²) in [7, 11) is 3.62. The van der Waals surface area contributed by atoms with Gasteiger partial charge in [0.25, 0.3) is 0 Å². The Balaban J connectivity index is 1.68.